The van der Waals surface area contributed by atoms with Crippen molar-refractivity contribution in [3.8, 4) is 5.75 Å². The molecule has 2 amide bonds. The Hall–Kier alpha value is -2.82. The summed E-state index contributed by atoms with van der Waals surface area (Å²) in [5.74, 6) is 0.369. The van der Waals surface area contributed by atoms with E-state index in [-0.39, 0.29) is 35.3 Å². The van der Waals surface area contributed by atoms with E-state index in [0.717, 1.165) is 31.2 Å². The number of rotatable bonds is 6. The molecule has 0 heterocycles. The highest BCUT2D eigenvalue weighted by molar-refractivity contribution is 6.04. The van der Waals surface area contributed by atoms with Crippen molar-refractivity contribution in [2.75, 3.05) is 19.0 Å². The first-order chi connectivity index (χ1) is 16.4. The molecule has 190 valence electrons. The minimum absolute atomic E-state index is 0.0247. The molecule has 0 aromatic heterocycles. The predicted molar refractivity (Wildman–Crippen MR) is 143 cm³/mol. The van der Waals surface area contributed by atoms with Crippen molar-refractivity contribution in [3.05, 3.63) is 59.2 Å². The summed E-state index contributed by atoms with van der Waals surface area (Å²) in [6, 6.07) is 13.7. The van der Waals surface area contributed by atoms with Crippen molar-refractivity contribution < 1.29 is 14.3 Å². The molecule has 5 nitrogen and oxygen atoms in total. The number of hydrogen-bond donors (Lipinski definition) is 1. The second-order valence-corrected chi connectivity index (χ2v) is 11.8. The summed E-state index contributed by atoms with van der Waals surface area (Å²) in [5.41, 5.74) is 3.23. The number of amides is 2. The van der Waals surface area contributed by atoms with E-state index in [1.165, 1.54) is 12.0 Å². The summed E-state index contributed by atoms with van der Waals surface area (Å²) in [5, 5.41) is 2.90. The standard InChI is InChI=1S/C30H42N2O3/c1-29(2,3)21-17-18-26(24(19-21)30(4,5)6)35-20-27(33)31-25-16-12-11-15-23(25)28(34)32(7)22-13-9-8-10-14-22/h11-12,15-19,22H,8-10,13-14,20H2,1-7H3,(H,31,33). The van der Waals surface area contributed by atoms with Crippen molar-refractivity contribution in [2.45, 2.75) is 90.5 Å². The first-order valence-electron chi connectivity index (χ1n) is 12.8. The maximum absolute atomic E-state index is 13.2. The SMILES string of the molecule is CN(C(=O)c1ccccc1NC(=O)COc1ccc(C(C)(C)C)cc1C(C)(C)C)C1CCCCC1. The van der Waals surface area contributed by atoms with Gasteiger partial charge in [-0.1, -0.05) is 85.1 Å². The van der Waals surface area contributed by atoms with Gasteiger partial charge in [0.25, 0.3) is 11.8 Å². The van der Waals surface area contributed by atoms with Gasteiger partial charge in [-0.25, -0.2) is 0 Å². The lowest BCUT2D eigenvalue weighted by molar-refractivity contribution is -0.118. The average molecular weight is 479 g/mol. The van der Waals surface area contributed by atoms with E-state index in [2.05, 4.69) is 59.0 Å². The third-order valence-corrected chi connectivity index (χ3v) is 6.89. The van der Waals surface area contributed by atoms with Crippen LogP contribution < -0.4 is 10.1 Å². The maximum atomic E-state index is 13.2. The van der Waals surface area contributed by atoms with Gasteiger partial charge in [0.15, 0.2) is 6.61 Å². The third kappa shape index (κ3) is 6.87. The Balaban J connectivity index is 1.72. The molecular formula is C30H42N2O3. The zero-order chi connectivity index (χ0) is 25.8. The zero-order valence-electron chi connectivity index (χ0n) is 22.5. The smallest absolute Gasteiger partial charge is 0.262 e. The third-order valence-electron chi connectivity index (χ3n) is 6.89. The topological polar surface area (TPSA) is 58.6 Å². The van der Waals surface area contributed by atoms with Crippen LogP contribution in [-0.4, -0.2) is 36.4 Å². The Morgan fingerprint density at radius 1 is 0.943 bits per heavy atom. The highest BCUT2D eigenvalue weighted by Gasteiger charge is 2.26. The lowest BCUT2D eigenvalue weighted by Crippen LogP contribution is -2.38. The van der Waals surface area contributed by atoms with E-state index in [9.17, 15) is 9.59 Å². The number of ether oxygens (including phenoxy) is 1. The van der Waals surface area contributed by atoms with Crippen LogP contribution in [0.25, 0.3) is 0 Å². The summed E-state index contributed by atoms with van der Waals surface area (Å²) < 4.78 is 6.00. The molecule has 2 aromatic rings. The van der Waals surface area contributed by atoms with Crippen LogP contribution >= 0.6 is 0 Å². The Morgan fingerprint density at radius 2 is 1.60 bits per heavy atom. The van der Waals surface area contributed by atoms with Gasteiger partial charge in [-0.15, -0.1) is 0 Å². The molecule has 0 atom stereocenters. The first kappa shape index (κ1) is 26.8. The maximum Gasteiger partial charge on any atom is 0.262 e. The molecule has 2 aromatic carbocycles. The average Bonchev–Trinajstić information content (AvgIpc) is 2.81. The van der Waals surface area contributed by atoms with E-state index in [1.54, 1.807) is 12.1 Å². The van der Waals surface area contributed by atoms with E-state index in [1.807, 2.05) is 30.1 Å². The molecule has 0 bridgehead atoms. The second-order valence-electron chi connectivity index (χ2n) is 11.8. The summed E-state index contributed by atoms with van der Waals surface area (Å²) in [4.78, 5) is 27.9. The highest BCUT2D eigenvalue weighted by Crippen LogP contribution is 2.35. The molecule has 0 spiro atoms. The fraction of sp³-hybridized carbons (Fsp3) is 0.533. The number of hydrogen-bond acceptors (Lipinski definition) is 3. The summed E-state index contributed by atoms with van der Waals surface area (Å²) in [6.07, 6.45) is 5.63. The monoisotopic (exact) mass is 478 g/mol. The second kappa shape index (κ2) is 10.8. The molecule has 3 rings (SSSR count). The van der Waals surface area contributed by atoms with Gasteiger partial charge in [0, 0.05) is 13.1 Å². The van der Waals surface area contributed by atoms with Gasteiger partial charge in [0.05, 0.1) is 11.3 Å². The molecule has 1 N–H and O–H groups in total. The lowest BCUT2D eigenvalue weighted by Gasteiger charge is -2.31. The Kier molecular flexibility index (Phi) is 8.30. The van der Waals surface area contributed by atoms with Crippen molar-refractivity contribution in [3.63, 3.8) is 0 Å². The quantitative estimate of drug-likeness (QED) is 0.502. The van der Waals surface area contributed by atoms with Crippen molar-refractivity contribution in [1.82, 2.24) is 4.90 Å². The molecule has 5 heteroatoms. The van der Waals surface area contributed by atoms with Crippen LogP contribution in [0.3, 0.4) is 0 Å². The van der Waals surface area contributed by atoms with Gasteiger partial charge in [-0.3, -0.25) is 9.59 Å². The van der Waals surface area contributed by atoms with Gasteiger partial charge in [-0.05, 0) is 53.0 Å². The lowest BCUT2D eigenvalue weighted by atomic mass is 9.80. The van der Waals surface area contributed by atoms with Gasteiger partial charge < -0.3 is 15.0 Å². The van der Waals surface area contributed by atoms with Crippen LogP contribution in [0.4, 0.5) is 5.69 Å². The van der Waals surface area contributed by atoms with Gasteiger partial charge in [-0.2, -0.15) is 0 Å². The molecule has 35 heavy (non-hydrogen) atoms. The van der Waals surface area contributed by atoms with Crippen molar-refractivity contribution in [2.24, 2.45) is 0 Å². The summed E-state index contributed by atoms with van der Waals surface area (Å²) >= 11 is 0. The van der Waals surface area contributed by atoms with Crippen LogP contribution in [-0.2, 0) is 15.6 Å². The molecule has 0 unspecified atom stereocenters. The van der Waals surface area contributed by atoms with Crippen LogP contribution in [0.15, 0.2) is 42.5 Å². The number of para-hydroxylation sites is 1. The first-order valence-corrected chi connectivity index (χ1v) is 12.8. The Bertz CT molecular complexity index is 1040. The minimum atomic E-state index is -0.287. The molecule has 1 aliphatic carbocycles. The van der Waals surface area contributed by atoms with Crippen LogP contribution in [0.5, 0.6) is 5.75 Å². The fourth-order valence-corrected chi connectivity index (χ4v) is 4.64. The normalized spacial score (nSPS) is 14.9. The number of nitrogens with zero attached hydrogens (tertiary/aromatic N) is 1. The van der Waals surface area contributed by atoms with Crippen LogP contribution in [0.1, 0.15) is 95.1 Å². The largest absolute Gasteiger partial charge is 0.483 e. The van der Waals surface area contributed by atoms with Gasteiger partial charge >= 0.3 is 0 Å². The van der Waals surface area contributed by atoms with E-state index >= 15 is 0 Å². The fourth-order valence-electron chi connectivity index (χ4n) is 4.64. The number of nitrogens with one attached hydrogen (secondary N) is 1. The summed E-state index contributed by atoms with van der Waals surface area (Å²) in [7, 11) is 1.87. The molecule has 1 aliphatic rings. The summed E-state index contributed by atoms with van der Waals surface area (Å²) in [6.45, 7) is 12.9. The van der Waals surface area contributed by atoms with Crippen molar-refractivity contribution >= 4 is 17.5 Å². The van der Waals surface area contributed by atoms with E-state index < -0.39 is 0 Å². The number of carbonyl (C=O) groups excluding carboxylic acids is 2. The van der Waals surface area contributed by atoms with Gasteiger partial charge in [0.2, 0.25) is 0 Å². The molecule has 1 fully saturated rings. The Labute approximate surface area is 211 Å². The predicted octanol–water partition coefficient (Wildman–Crippen LogP) is 6.70. The highest BCUT2D eigenvalue weighted by atomic mass is 16.5. The Morgan fingerprint density at radius 3 is 2.23 bits per heavy atom. The molecule has 0 radical (unpaired) electrons. The number of carbonyl (C=O) groups is 2. The van der Waals surface area contributed by atoms with E-state index in [4.69, 9.17) is 4.74 Å². The number of anilines is 1. The zero-order valence-corrected chi connectivity index (χ0v) is 22.5. The molecular weight excluding hydrogens is 436 g/mol. The molecule has 0 aliphatic heterocycles. The molecule has 1 saturated carbocycles. The van der Waals surface area contributed by atoms with Crippen molar-refractivity contribution in [1.29, 1.82) is 0 Å². The minimum Gasteiger partial charge on any atom is -0.483 e. The molecule has 0 saturated heterocycles. The van der Waals surface area contributed by atoms with Crippen LogP contribution in [0.2, 0.25) is 0 Å². The van der Waals surface area contributed by atoms with Gasteiger partial charge in [0.1, 0.15) is 5.75 Å². The van der Waals surface area contributed by atoms with Crippen LogP contribution in [0, 0.1) is 0 Å². The number of benzene rings is 2. The van der Waals surface area contributed by atoms with E-state index in [0.29, 0.717) is 17.0 Å².